The summed E-state index contributed by atoms with van der Waals surface area (Å²) in [6, 6.07) is 9.93. The summed E-state index contributed by atoms with van der Waals surface area (Å²) in [6.45, 7) is 1.25. The van der Waals surface area contributed by atoms with E-state index in [1.165, 1.54) is 5.56 Å². The summed E-state index contributed by atoms with van der Waals surface area (Å²) in [5.41, 5.74) is 1.18. The van der Waals surface area contributed by atoms with Crippen LogP contribution in [0.4, 0.5) is 0 Å². The fourth-order valence-corrected chi connectivity index (χ4v) is 1.23. The fourth-order valence-electron chi connectivity index (χ4n) is 1.23. The van der Waals surface area contributed by atoms with E-state index >= 15 is 0 Å². The van der Waals surface area contributed by atoms with Gasteiger partial charge in [0.1, 0.15) is 0 Å². The molecule has 0 unspecified atom stereocenters. The summed E-state index contributed by atoms with van der Waals surface area (Å²) >= 11 is 0. The topological polar surface area (TPSA) is 46.4 Å². The van der Waals surface area contributed by atoms with Crippen LogP contribution < -0.4 is 0 Å². The lowest BCUT2D eigenvalue weighted by Gasteiger charge is -2.13. The Balaban J connectivity index is 2.34. The van der Waals surface area contributed by atoms with Crippen LogP contribution in [0, 0.1) is 10.1 Å². The minimum absolute atomic E-state index is 0.00331. The van der Waals surface area contributed by atoms with Crippen molar-refractivity contribution in [3.63, 3.8) is 0 Å². The number of benzene rings is 1. The quantitative estimate of drug-likeness (QED) is 0.525. The van der Waals surface area contributed by atoms with Crippen LogP contribution in [0.25, 0.3) is 0 Å². The Morgan fingerprint density at radius 2 is 2.00 bits per heavy atom. The van der Waals surface area contributed by atoms with Crippen molar-refractivity contribution in [2.75, 3.05) is 20.1 Å². The molecule has 0 aliphatic rings. The molecule has 0 aliphatic carbocycles. The van der Waals surface area contributed by atoms with Crippen LogP contribution in [0.2, 0.25) is 0 Å². The molecule has 76 valence electrons. The van der Waals surface area contributed by atoms with Crippen molar-refractivity contribution in [1.82, 2.24) is 4.90 Å². The molecule has 0 spiro atoms. The van der Waals surface area contributed by atoms with Gasteiger partial charge in [-0.2, -0.15) is 0 Å². The highest BCUT2D eigenvalue weighted by atomic mass is 16.6. The van der Waals surface area contributed by atoms with E-state index in [9.17, 15) is 10.1 Å². The third-order valence-electron chi connectivity index (χ3n) is 1.96. The molecule has 0 radical (unpaired) electrons. The molecule has 0 amide bonds. The largest absolute Gasteiger partial charge is 0.296 e. The molecule has 1 aromatic rings. The molecule has 1 rings (SSSR count). The summed E-state index contributed by atoms with van der Waals surface area (Å²) in [5.74, 6) is 0. The number of hydrogen-bond acceptors (Lipinski definition) is 3. The number of rotatable bonds is 5. The average molecular weight is 194 g/mol. The van der Waals surface area contributed by atoms with Crippen molar-refractivity contribution in [1.29, 1.82) is 0 Å². The zero-order chi connectivity index (χ0) is 10.4. The van der Waals surface area contributed by atoms with Gasteiger partial charge in [0.05, 0.1) is 6.54 Å². The Hall–Kier alpha value is -1.42. The van der Waals surface area contributed by atoms with Gasteiger partial charge in [-0.15, -0.1) is 0 Å². The maximum atomic E-state index is 10.1. The molecule has 0 aliphatic heterocycles. The third-order valence-corrected chi connectivity index (χ3v) is 1.96. The Morgan fingerprint density at radius 3 is 2.57 bits per heavy atom. The van der Waals surface area contributed by atoms with Gasteiger partial charge in [-0.25, -0.2) is 0 Å². The van der Waals surface area contributed by atoms with Gasteiger partial charge < -0.3 is 0 Å². The molecule has 0 aromatic heterocycles. The monoisotopic (exact) mass is 194 g/mol. The Morgan fingerprint density at radius 1 is 1.36 bits per heavy atom. The predicted octanol–water partition coefficient (Wildman–Crippen LogP) is 1.40. The van der Waals surface area contributed by atoms with Crippen LogP contribution in [0.15, 0.2) is 30.3 Å². The SMILES string of the molecule is CN(CC[N+](=O)[O-])Cc1ccccc1. The van der Waals surface area contributed by atoms with E-state index in [2.05, 4.69) is 0 Å². The molecule has 0 heterocycles. The first-order chi connectivity index (χ1) is 6.68. The standard InChI is InChI=1S/C10H14N2O2/c1-11(7-8-12(13)14)9-10-5-3-2-4-6-10/h2-6H,7-9H2,1H3. The summed E-state index contributed by atoms with van der Waals surface area (Å²) in [7, 11) is 1.89. The summed E-state index contributed by atoms with van der Waals surface area (Å²) in [5, 5.41) is 10.1. The van der Waals surface area contributed by atoms with Crippen LogP contribution >= 0.6 is 0 Å². The second kappa shape index (κ2) is 5.34. The van der Waals surface area contributed by atoms with Crippen molar-refractivity contribution in [3.8, 4) is 0 Å². The van der Waals surface area contributed by atoms with Crippen LogP contribution in [0.1, 0.15) is 5.56 Å². The molecule has 0 saturated carbocycles. The average Bonchev–Trinajstić information content (AvgIpc) is 2.16. The van der Waals surface area contributed by atoms with E-state index in [1.54, 1.807) is 0 Å². The Kier molecular flexibility index (Phi) is 4.07. The van der Waals surface area contributed by atoms with Crippen molar-refractivity contribution >= 4 is 0 Å². The molecular weight excluding hydrogens is 180 g/mol. The van der Waals surface area contributed by atoms with Gasteiger partial charge in [-0.1, -0.05) is 30.3 Å². The first kappa shape index (κ1) is 10.7. The zero-order valence-corrected chi connectivity index (χ0v) is 8.22. The number of likely N-dealkylation sites (N-methyl/N-ethyl adjacent to an activating group) is 1. The van der Waals surface area contributed by atoms with Crippen molar-refractivity contribution in [2.24, 2.45) is 0 Å². The Bertz CT molecular complexity index is 287. The van der Waals surface area contributed by atoms with Gasteiger partial charge in [-0.3, -0.25) is 15.0 Å². The molecule has 0 fully saturated rings. The van der Waals surface area contributed by atoms with Gasteiger partial charge >= 0.3 is 0 Å². The molecule has 0 saturated heterocycles. The van der Waals surface area contributed by atoms with Crippen LogP contribution in [-0.4, -0.2) is 30.0 Å². The third kappa shape index (κ3) is 4.00. The molecule has 14 heavy (non-hydrogen) atoms. The molecular formula is C10H14N2O2. The van der Waals surface area contributed by atoms with E-state index < -0.39 is 0 Å². The van der Waals surface area contributed by atoms with Crippen LogP contribution in [0.3, 0.4) is 0 Å². The molecule has 0 N–H and O–H groups in total. The van der Waals surface area contributed by atoms with Crippen molar-refractivity contribution < 1.29 is 4.92 Å². The van der Waals surface area contributed by atoms with Gasteiger partial charge in [0.25, 0.3) is 0 Å². The van der Waals surface area contributed by atoms with Crippen LogP contribution in [-0.2, 0) is 6.54 Å². The number of nitrogens with zero attached hydrogens (tertiary/aromatic N) is 2. The van der Waals surface area contributed by atoms with E-state index in [1.807, 2.05) is 42.3 Å². The fraction of sp³-hybridized carbons (Fsp3) is 0.400. The highest BCUT2D eigenvalue weighted by molar-refractivity contribution is 5.14. The highest BCUT2D eigenvalue weighted by Crippen LogP contribution is 2.01. The number of nitro groups is 1. The second-order valence-electron chi connectivity index (χ2n) is 3.28. The van der Waals surface area contributed by atoms with E-state index in [0.29, 0.717) is 6.54 Å². The van der Waals surface area contributed by atoms with Crippen molar-refractivity contribution in [3.05, 3.63) is 46.0 Å². The predicted molar refractivity (Wildman–Crippen MR) is 54.6 cm³/mol. The zero-order valence-electron chi connectivity index (χ0n) is 8.22. The first-order valence-corrected chi connectivity index (χ1v) is 4.53. The van der Waals surface area contributed by atoms with Crippen LogP contribution in [0.5, 0.6) is 0 Å². The van der Waals surface area contributed by atoms with Gasteiger partial charge in [-0.05, 0) is 12.6 Å². The minimum Gasteiger partial charge on any atom is -0.296 e. The van der Waals surface area contributed by atoms with Gasteiger partial charge in [0.2, 0.25) is 6.54 Å². The smallest absolute Gasteiger partial charge is 0.216 e. The lowest BCUT2D eigenvalue weighted by atomic mass is 10.2. The molecule has 0 bridgehead atoms. The molecule has 1 aromatic carbocycles. The van der Waals surface area contributed by atoms with E-state index in [-0.39, 0.29) is 11.5 Å². The minimum atomic E-state index is -0.290. The van der Waals surface area contributed by atoms with E-state index in [4.69, 9.17) is 0 Å². The van der Waals surface area contributed by atoms with E-state index in [0.717, 1.165) is 6.54 Å². The maximum absolute atomic E-state index is 10.1. The molecule has 4 nitrogen and oxygen atoms in total. The lowest BCUT2D eigenvalue weighted by Crippen LogP contribution is -2.24. The normalized spacial score (nSPS) is 10.4. The highest BCUT2D eigenvalue weighted by Gasteiger charge is 2.03. The van der Waals surface area contributed by atoms with Gasteiger partial charge in [0.15, 0.2) is 0 Å². The summed E-state index contributed by atoms with van der Waals surface area (Å²) in [6.07, 6.45) is 0. The summed E-state index contributed by atoms with van der Waals surface area (Å²) in [4.78, 5) is 11.8. The second-order valence-corrected chi connectivity index (χ2v) is 3.28. The molecule has 0 atom stereocenters. The number of hydrogen-bond donors (Lipinski definition) is 0. The van der Waals surface area contributed by atoms with Gasteiger partial charge in [0, 0.05) is 11.5 Å². The molecule has 4 heteroatoms. The Labute approximate surface area is 83.3 Å². The van der Waals surface area contributed by atoms with Crippen molar-refractivity contribution in [2.45, 2.75) is 6.54 Å². The lowest BCUT2D eigenvalue weighted by molar-refractivity contribution is -0.480. The summed E-state index contributed by atoms with van der Waals surface area (Å²) < 4.78 is 0. The maximum Gasteiger partial charge on any atom is 0.216 e. The first-order valence-electron chi connectivity index (χ1n) is 4.53.